The molecule has 4 aliphatic rings. The highest BCUT2D eigenvalue weighted by Gasteiger charge is 2.65. The molecule has 5 atom stereocenters. The first kappa shape index (κ1) is 23.2. The van der Waals surface area contributed by atoms with Crippen LogP contribution in [0, 0.1) is 0 Å². The Labute approximate surface area is 198 Å². The van der Waals surface area contributed by atoms with Gasteiger partial charge in [0.1, 0.15) is 12.7 Å². The largest absolute Gasteiger partial charge is 0.445 e. The molecule has 3 fully saturated rings. The van der Waals surface area contributed by atoms with Gasteiger partial charge in [0.2, 0.25) is 21.6 Å². The van der Waals surface area contributed by atoms with Crippen molar-refractivity contribution in [3.8, 4) is 0 Å². The molecule has 0 radical (unpaired) electrons. The summed E-state index contributed by atoms with van der Waals surface area (Å²) in [5.74, 6) is -0.207. The number of hydrogen-bond acceptors (Lipinski definition) is 10. The maximum absolute atomic E-state index is 12.3. The first-order valence-corrected chi connectivity index (χ1v) is 10.9. The predicted octanol–water partition coefficient (Wildman–Crippen LogP) is -1.30. The Morgan fingerprint density at radius 2 is 2.03 bits per heavy atom. The number of rotatable bonds is 3. The van der Waals surface area contributed by atoms with E-state index in [0.29, 0.717) is 5.82 Å². The lowest BCUT2D eigenvalue weighted by Gasteiger charge is -2.47. The number of nitrogens with one attached hydrogen (secondary N) is 3. The Hall–Kier alpha value is -1.99. The van der Waals surface area contributed by atoms with Crippen LogP contribution in [-0.4, -0.2) is 92.2 Å². The number of nitrogens with zero attached hydrogens (tertiary/aromatic N) is 3. The van der Waals surface area contributed by atoms with Crippen molar-refractivity contribution < 1.29 is 24.2 Å². The molecule has 176 valence electrons. The molecule has 4 aliphatic heterocycles. The van der Waals surface area contributed by atoms with E-state index < -0.39 is 46.4 Å². The van der Waals surface area contributed by atoms with Crippen LogP contribution in [0.4, 0.5) is 4.79 Å². The average Bonchev–Trinajstić information content (AvgIpc) is 3.30. The number of imide groups is 1. The van der Waals surface area contributed by atoms with Crippen molar-refractivity contribution in [3.63, 3.8) is 0 Å². The van der Waals surface area contributed by atoms with Crippen molar-refractivity contribution in [2.75, 3.05) is 19.7 Å². The highest BCUT2D eigenvalue weighted by molar-refractivity contribution is 6.67. The Bertz CT molecular complexity index is 880. The minimum atomic E-state index is -1.81. The Kier molecular flexibility index (Phi) is 5.87. The third kappa shape index (κ3) is 3.94. The fourth-order valence-corrected chi connectivity index (χ4v) is 4.74. The van der Waals surface area contributed by atoms with E-state index in [1.165, 1.54) is 0 Å². The third-order valence-corrected chi connectivity index (χ3v) is 6.21. The van der Waals surface area contributed by atoms with Crippen LogP contribution in [0.25, 0.3) is 0 Å². The zero-order chi connectivity index (χ0) is 23.4. The number of nitrogens with two attached hydrogens (primary N) is 1. The van der Waals surface area contributed by atoms with Crippen LogP contribution in [0.2, 0.25) is 0 Å². The van der Waals surface area contributed by atoms with Gasteiger partial charge in [0, 0.05) is 19.4 Å². The monoisotopic (exact) mass is 509 g/mol. The molecule has 32 heavy (non-hydrogen) atoms. The summed E-state index contributed by atoms with van der Waals surface area (Å²) < 4.78 is 3.12. The molecule has 4 rings (SSSR count). The minimum absolute atomic E-state index is 0.0238. The zero-order valence-corrected chi connectivity index (χ0v) is 19.0. The second-order valence-corrected chi connectivity index (χ2v) is 10.5. The predicted molar refractivity (Wildman–Crippen MR) is 115 cm³/mol. The Morgan fingerprint density at radius 3 is 2.66 bits per heavy atom. The van der Waals surface area contributed by atoms with Gasteiger partial charge in [-0.25, -0.2) is 9.79 Å². The fraction of sp³-hybridized carbons (Fsp3) is 0.647. The van der Waals surface area contributed by atoms with Gasteiger partial charge in [0.05, 0.1) is 30.5 Å². The SMILES string of the molecule is C=C1N[C@H]2[C@H](CN3C(=O)CCC3=O)N=C(NC(=O)OCC(Cl)(Cl)Cl)N3C[C@H](N)[C@H](O)[C@]23N1. The summed E-state index contributed by atoms with van der Waals surface area (Å²) in [6, 6.07) is -2.05. The van der Waals surface area contributed by atoms with E-state index in [0.717, 1.165) is 4.90 Å². The van der Waals surface area contributed by atoms with E-state index in [-0.39, 0.29) is 43.7 Å². The van der Waals surface area contributed by atoms with Gasteiger partial charge in [-0.05, 0) is 0 Å². The van der Waals surface area contributed by atoms with Crippen LogP contribution in [0.15, 0.2) is 17.4 Å². The molecule has 0 aromatic carbocycles. The minimum Gasteiger partial charge on any atom is -0.445 e. The molecule has 3 saturated heterocycles. The molecule has 4 heterocycles. The quantitative estimate of drug-likeness (QED) is 0.229. The number of hydrogen-bond donors (Lipinski definition) is 5. The van der Waals surface area contributed by atoms with Crippen molar-refractivity contribution in [1.29, 1.82) is 0 Å². The second kappa shape index (κ2) is 8.10. The molecule has 3 amide bonds. The lowest BCUT2D eigenvalue weighted by Crippen LogP contribution is -2.73. The number of amides is 3. The van der Waals surface area contributed by atoms with Gasteiger partial charge < -0.3 is 31.1 Å². The molecule has 0 aliphatic carbocycles. The van der Waals surface area contributed by atoms with E-state index in [2.05, 4.69) is 27.5 Å². The van der Waals surface area contributed by atoms with Crippen LogP contribution in [0.1, 0.15) is 12.8 Å². The van der Waals surface area contributed by atoms with Crippen LogP contribution in [-0.2, 0) is 14.3 Å². The van der Waals surface area contributed by atoms with Crippen LogP contribution in [0.3, 0.4) is 0 Å². The van der Waals surface area contributed by atoms with Crippen LogP contribution in [0.5, 0.6) is 0 Å². The number of aliphatic hydroxyl groups excluding tert-OH is 1. The van der Waals surface area contributed by atoms with E-state index in [1.807, 2.05) is 0 Å². The number of aliphatic imine (C=N–C) groups is 1. The lowest BCUT2D eigenvalue weighted by molar-refractivity contribution is -0.139. The molecule has 0 unspecified atom stereocenters. The Morgan fingerprint density at radius 1 is 1.38 bits per heavy atom. The summed E-state index contributed by atoms with van der Waals surface area (Å²) in [6.45, 7) is 3.44. The van der Waals surface area contributed by atoms with Gasteiger partial charge in [-0.15, -0.1) is 0 Å². The summed E-state index contributed by atoms with van der Waals surface area (Å²) in [7, 11) is 0. The summed E-state index contributed by atoms with van der Waals surface area (Å²) in [5.41, 5.74) is 4.91. The van der Waals surface area contributed by atoms with Crippen molar-refractivity contribution in [3.05, 3.63) is 12.4 Å². The molecule has 12 nitrogen and oxygen atoms in total. The van der Waals surface area contributed by atoms with E-state index in [4.69, 9.17) is 45.3 Å². The van der Waals surface area contributed by atoms with Crippen molar-refractivity contribution in [2.24, 2.45) is 10.7 Å². The number of likely N-dealkylation sites (tertiary alicyclic amines) is 1. The van der Waals surface area contributed by atoms with Gasteiger partial charge >= 0.3 is 6.09 Å². The number of ether oxygens (including phenoxy) is 1. The molecule has 1 spiro atoms. The third-order valence-electron chi connectivity index (χ3n) is 5.89. The van der Waals surface area contributed by atoms with E-state index in [1.54, 1.807) is 4.90 Å². The highest BCUT2D eigenvalue weighted by atomic mass is 35.6. The number of carbonyl (C=O) groups excluding carboxylic acids is 3. The molecule has 0 bridgehead atoms. The maximum Gasteiger partial charge on any atom is 0.414 e. The first-order valence-electron chi connectivity index (χ1n) is 9.79. The normalized spacial score (nSPS) is 34.0. The van der Waals surface area contributed by atoms with Crippen LogP contribution >= 0.6 is 34.8 Å². The molecular formula is C17H22Cl3N7O5. The zero-order valence-electron chi connectivity index (χ0n) is 16.7. The molecular weight excluding hydrogens is 489 g/mol. The van der Waals surface area contributed by atoms with Gasteiger partial charge in [0.15, 0.2) is 5.66 Å². The summed E-state index contributed by atoms with van der Waals surface area (Å²) in [4.78, 5) is 44.0. The molecule has 0 saturated carbocycles. The van der Waals surface area contributed by atoms with Crippen molar-refractivity contribution in [2.45, 2.75) is 46.5 Å². The smallest absolute Gasteiger partial charge is 0.414 e. The fourth-order valence-electron chi connectivity index (χ4n) is 4.58. The van der Waals surface area contributed by atoms with Gasteiger partial charge in [-0.3, -0.25) is 19.8 Å². The number of carbonyl (C=O) groups is 3. The summed E-state index contributed by atoms with van der Waals surface area (Å²) in [6.07, 6.45) is -1.80. The van der Waals surface area contributed by atoms with Crippen LogP contribution < -0.4 is 21.7 Å². The number of aliphatic hydroxyl groups is 1. The molecule has 0 aromatic rings. The average molecular weight is 511 g/mol. The standard InChI is InChI=1S/C17H22Cl3N7O5/c1-7-22-12-9(5-26-10(28)2-3-11(26)29)23-14(24-15(31)32-6-16(18,19)20)27-4-8(21)13(30)17(12,27)25-7/h8-9,12-13,22,25,30H,1-6,21H2,(H,23,24,31)/t8-,9-,12-,13-,17-/m0/s1. The highest BCUT2D eigenvalue weighted by Crippen LogP contribution is 2.39. The van der Waals surface area contributed by atoms with Gasteiger partial charge in [-0.2, -0.15) is 0 Å². The Balaban J connectivity index is 1.66. The molecule has 0 aromatic heterocycles. The molecule has 15 heteroatoms. The van der Waals surface area contributed by atoms with E-state index in [9.17, 15) is 19.5 Å². The number of guanidine groups is 1. The lowest BCUT2D eigenvalue weighted by atomic mass is 9.88. The summed E-state index contributed by atoms with van der Waals surface area (Å²) >= 11 is 16.9. The van der Waals surface area contributed by atoms with Gasteiger partial charge in [0.25, 0.3) is 0 Å². The number of alkyl halides is 3. The number of alkyl carbamates (subject to hydrolysis) is 1. The summed E-state index contributed by atoms with van der Waals surface area (Å²) in [5, 5.41) is 19.7. The molecule has 6 N–H and O–H groups in total. The first-order chi connectivity index (χ1) is 14.9. The van der Waals surface area contributed by atoms with E-state index >= 15 is 0 Å². The second-order valence-electron chi connectivity index (χ2n) is 8.00. The maximum atomic E-state index is 12.3. The van der Waals surface area contributed by atoms with Gasteiger partial charge in [-0.1, -0.05) is 41.4 Å². The number of halogens is 3. The van der Waals surface area contributed by atoms with Crippen molar-refractivity contribution in [1.82, 2.24) is 25.8 Å². The topological polar surface area (TPSA) is 162 Å². The van der Waals surface area contributed by atoms with Crippen molar-refractivity contribution >= 4 is 58.7 Å².